The first-order chi connectivity index (χ1) is 10.8. The van der Waals surface area contributed by atoms with Crippen molar-refractivity contribution >= 4 is 33.4 Å². The number of halogens is 4. The molecular weight excluding hydrogens is 394 g/mol. The van der Waals surface area contributed by atoms with E-state index in [9.17, 15) is 18.0 Å². The largest absolute Gasteiger partial charge is 0.465 e. The highest BCUT2D eigenvalue weighted by atomic mass is 79.9. The second-order valence-electron chi connectivity index (χ2n) is 4.54. The first-order valence-electron chi connectivity index (χ1n) is 6.46. The van der Waals surface area contributed by atoms with Crippen LogP contribution in [0.15, 0.2) is 42.5 Å². The van der Waals surface area contributed by atoms with Crippen molar-refractivity contribution < 1.29 is 22.7 Å². The molecule has 0 spiro atoms. The highest BCUT2D eigenvalue weighted by Crippen LogP contribution is 2.46. The molecule has 1 aromatic carbocycles. The fraction of sp³-hybridized carbons (Fsp3) is 0.200. The van der Waals surface area contributed by atoms with Crippen LogP contribution in [-0.2, 0) is 17.1 Å². The highest BCUT2D eigenvalue weighted by Gasteiger charge is 2.33. The van der Waals surface area contributed by atoms with E-state index in [0.29, 0.717) is 0 Å². The van der Waals surface area contributed by atoms with E-state index in [1.54, 1.807) is 0 Å². The molecule has 1 atom stereocenters. The summed E-state index contributed by atoms with van der Waals surface area (Å²) in [5, 5.41) is 0.942. The maximum absolute atomic E-state index is 12.9. The van der Waals surface area contributed by atoms with Gasteiger partial charge in [0.25, 0.3) is 0 Å². The molecule has 0 saturated heterocycles. The number of methoxy groups -OCH3 is 1. The molecule has 1 aromatic heterocycles. The van der Waals surface area contributed by atoms with Gasteiger partial charge in [-0.2, -0.15) is 13.2 Å². The van der Waals surface area contributed by atoms with Crippen LogP contribution in [0.5, 0.6) is 0 Å². The van der Waals surface area contributed by atoms with Gasteiger partial charge in [0.05, 0.1) is 18.4 Å². The van der Waals surface area contributed by atoms with E-state index in [2.05, 4.69) is 25.2 Å². The maximum atomic E-state index is 12.9. The minimum Gasteiger partial charge on any atom is -0.465 e. The standard InChI is InChI=1S/C15H12BrF3NO2P/c1-22-14(21)11-7-8-13(15(17,18)19)20-12(11)9-23(16)10-5-3-2-4-6-10/h2-8H,9H2,1H3. The lowest BCUT2D eigenvalue weighted by atomic mass is 10.2. The Bertz CT molecular complexity index is 695. The van der Waals surface area contributed by atoms with Crippen molar-refractivity contribution in [2.75, 3.05) is 7.11 Å². The number of rotatable bonds is 4. The summed E-state index contributed by atoms with van der Waals surface area (Å²) in [5.41, 5.74) is -0.911. The van der Waals surface area contributed by atoms with Crippen LogP contribution in [-0.4, -0.2) is 18.1 Å². The molecule has 0 radical (unpaired) electrons. The van der Waals surface area contributed by atoms with Crippen LogP contribution in [0.25, 0.3) is 0 Å². The smallest absolute Gasteiger partial charge is 0.433 e. The van der Waals surface area contributed by atoms with Crippen LogP contribution >= 0.6 is 22.1 Å². The van der Waals surface area contributed by atoms with Crippen molar-refractivity contribution in [2.45, 2.75) is 12.3 Å². The van der Waals surface area contributed by atoms with Gasteiger partial charge in [0.1, 0.15) is 5.69 Å². The fourth-order valence-corrected chi connectivity index (χ4v) is 4.49. The third-order valence-electron chi connectivity index (χ3n) is 2.99. The molecule has 1 unspecified atom stereocenters. The molecule has 0 bridgehead atoms. The van der Waals surface area contributed by atoms with Crippen LogP contribution in [0.2, 0.25) is 0 Å². The zero-order chi connectivity index (χ0) is 17.0. The number of hydrogen-bond acceptors (Lipinski definition) is 3. The summed E-state index contributed by atoms with van der Waals surface area (Å²) in [4.78, 5) is 15.4. The molecule has 0 saturated carbocycles. The van der Waals surface area contributed by atoms with E-state index in [0.717, 1.165) is 17.4 Å². The van der Waals surface area contributed by atoms with Gasteiger partial charge in [0.2, 0.25) is 0 Å². The Morgan fingerprint density at radius 1 is 1.22 bits per heavy atom. The normalized spacial score (nSPS) is 12.7. The van der Waals surface area contributed by atoms with E-state index in [-0.39, 0.29) is 17.4 Å². The van der Waals surface area contributed by atoms with Crippen LogP contribution in [0.1, 0.15) is 21.7 Å². The first kappa shape index (κ1) is 17.9. The van der Waals surface area contributed by atoms with Gasteiger partial charge < -0.3 is 4.74 Å². The van der Waals surface area contributed by atoms with E-state index in [1.165, 1.54) is 7.11 Å². The monoisotopic (exact) mass is 405 g/mol. The van der Waals surface area contributed by atoms with Crippen molar-refractivity contribution in [3.63, 3.8) is 0 Å². The maximum Gasteiger partial charge on any atom is 0.433 e. The lowest BCUT2D eigenvalue weighted by molar-refractivity contribution is -0.141. The number of carbonyl (C=O) groups excluding carboxylic acids is 1. The number of nitrogens with zero attached hydrogens (tertiary/aromatic N) is 1. The summed E-state index contributed by atoms with van der Waals surface area (Å²) in [5.74, 6) is -0.704. The Kier molecular flexibility index (Phi) is 5.76. The summed E-state index contributed by atoms with van der Waals surface area (Å²) in [6, 6.07) is 11.2. The summed E-state index contributed by atoms with van der Waals surface area (Å²) in [6.45, 7) is -0.971. The third-order valence-corrected chi connectivity index (χ3v) is 6.41. The number of hydrogen-bond donors (Lipinski definition) is 0. The molecule has 3 nitrogen and oxygen atoms in total. The Hall–Kier alpha value is -1.46. The van der Waals surface area contributed by atoms with Gasteiger partial charge in [-0.15, -0.1) is 0 Å². The number of esters is 1. The quantitative estimate of drug-likeness (QED) is 0.555. The number of aromatic nitrogens is 1. The average Bonchev–Trinajstić information content (AvgIpc) is 2.54. The fourth-order valence-electron chi connectivity index (χ4n) is 1.89. The molecule has 0 amide bonds. The van der Waals surface area contributed by atoms with E-state index in [1.807, 2.05) is 30.3 Å². The Labute approximate surface area is 140 Å². The summed E-state index contributed by atoms with van der Waals surface area (Å²) in [6.07, 6.45) is -4.38. The minimum absolute atomic E-state index is 0.0448. The van der Waals surface area contributed by atoms with Gasteiger partial charge in [-0.05, 0) is 17.4 Å². The van der Waals surface area contributed by atoms with Crippen LogP contribution in [0.4, 0.5) is 13.2 Å². The Morgan fingerprint density at radius 3 is 2.43 bits per heavy atom. The molecule has 23 heavy (non-hydrogen) atoms. The zero-order valence-corrected chi connectivity index (χ0v) is 14.5. The SMILES string of the molecule is COC(=O)c1ccc(C(F)(F)F)nc1CP(Br)c1ccccc1. The van der Waals surface area contributed by atoms with Gasteiger partial charge >= 0.3 is 12.1 Å². The number of carbonyl (C=O) groups is 1. The molecule has 2 rings (SSSR count). The van der Waals surface area contributed by atoms with Crippen molar-refractivity contribution in [1.82, 2.24) is 4.98 Å². The van der Waals surface area contributed by atoms with Crippen LogP contribution < -0.4 is 5.30 Å². The molecular formula is C15H12BrF3NO2P. The van der Waals surface area contributed by atoms with E-state index < -0.39 is 24.5 Å². The molecule has 0 fully saturated rings. The number of alkyl halides is 3. The minimum atomic E-state index is -4.56. The molecule has 0 aliphatic rings. The predicted octanol–water partition coefficient (Wildman–Crippen LogP) is 4.50. The van der Waals surface area contributed by atoms with Gasteiger partial charge in [-0.25, -0.2) is 9.78 Å². The average molecular weight is 406 g/mol. The topological polar surface area (TPSA) is 39.2 Å². The Balaban J connectivity index is 2.39. The number of ether oxygens (including phenoxy) is 1. The second kappa shape index (κ2) is 7.41. The molecule has 1 heterocycles. The number of pyridine rings is 1. The highest BCUT2D eigenvalue weighted by molar-refractivity contribution is 9.40. The molecule has 0 N–H and O–H groups in total. The lowest BCUT2D eigenvalue weighted by Crippen LogP contribution is -2.14. The van der Waals surface area contributed by atoms with E-state index >= 15 is 0 Å². The zero-order valence-electron chi connectivity index (χ0n) is 12.0. The van der Waals surface area contributed by atoms with Crippen molar-refractivity contribution in [3.05, 3.63) is 59.4 Å². The molecule has 0 aliphatic carbocycles. The second-order valence-corrected chi connectivity index (χ2v) is 8.66. The van der Waals surface area contributed by atoms with Gasteiger partial charge in [-0.3, -0.25) is 0 Å². The summed E-state index contributed by atoms with van der Waals surface area (Å²) in [7, 11) is 1.18. The third kappa shape index (κ3) is 4.52. The van der Waals surface area contributed by atoms with Gasteiger partial charge in [-0.1, -0.05) is 45.8 Å². The lowest BCUT2D eigenvalue weighted by Gasteiger charge is -2.14. The number of benzene rings is 1. The van der Waals surface area contributed by atoms with E-state index in [4.69, 9.17) is 0 Å². The summed E-state index contributed by atoms with van der Waals surface area (Å²) >= 11 is 3.49. The van der Waals surface area contributed by atoms with Gasteiger partial charge in [0.15, 0.2) is 0 Å². The molecule has 122 valence electrons. The Morgan fingerprint density at radius 2 is 1.87 bits per heavy atom. The molecule has 0 aliphatic heterocycles. The first-order valence-corrected chi connectivity index (χ1v) is 10.0. The predicted molar refractivity (Wildman–Crippen MR) is 86.2 cm³/mol. The summed E-state index contributed by atoms with van der Waals surface area (Å²) < 4.78 is 43.2. The van der Waals surface area contributed by atoms with Crippen LogP contribution in [0.3, 0.4) is 0 Å². The molecule has 8 heteroatoms. The van der Waals surface area contributed by atoms with Crippen molar-refractivity contribution in [1.29, 1.82) is 0 Å². The van der Waals surface area contributed by atoms with Crippen molar-refractivity contribution in [2.24, 2.45) is 0 Å². The van der Waals surface area contributed by atoms with Crippen LogP contribution in [0, 0.1) is 0 Å². The van der Waals surface area contributed by atoms with Gasteiger partial charge in [0, 0.05) is 12.8 Å². The molecule has 2 aromatic rings. The van der Waals surface area contributed by atoms with Crippen molar-refractivity contribution in [3.8, 4) is 0 Å².